The van der Waals surface area contributed by atoms with Crippen LogP contribution in [0.3, 0.4) is 0 Å². The summed E-state index contributed by atoms with van der Waals surface area (Å²) in [5.74, 6) is -5.74. The van der Waals surface area contributed by atoms with Gasteiger partial charge in [-0.25, -0.2) is 0 Å². The summed E-state index contributed by atoms with van der Waals surface area (Å²) in [4.78, 5) is 33.2. The van der Waals surface area contributed by atoms with Crippen molar-refractivity contribution in [2.75, 3.05) is 0 Å². The molecular weight excluding hydrogens is 348 g/mol. The van der Waals surface area contributed by atoms with Crippen molar-refractivity contribution in [3.8, 4) is 0 Å². The lowest BCUT2D eigenvalue weighted by molar-refractivity contribution is -0.166. The monoisotopic (exact) mass is 390 g/mol. The summed E-state index contributed by atoms with van der Waals surface area (Å²) in [7, 11) is 0. The van der Waals surface area contributed by atoms with E-state index in [1.165, 1.54) is 6.92 Å². The zero-order chi connectivity index (χ0) is 15.2. The number of alkyl halides is 1. The summed E-state index contributed by atoms with van der Waals surface area (Å²) in [6, 6.07) is 0. The first kappa shape index (κ1) is 43.8. The minimum absolute atomic E-state index is 0. The van der Waals surface area contributed by atoms with Crippen LogP contribution in [0.1, 0.15) is 78.2 Å². The summed E-state index contributed by atoms with van der Waals surface area (Å²) in [5, 5.41) is 17.7. The SMILES string of the molecule is C.C.C.C.C.C.CCC(Cl)CC(OC(C)=O)C(C(=O)O)C(C)C(=O)O. The van der Waals surface area contributed by atoms with Crippen LogP contribution in [0.15, 0.2) is 0 Å². The molecule has 0 aromatic rings. The Morgan fingerprint density at radius 3 is 1.60 bits per heavy atom. The van der Waals surface area contributed by atoms with Crippen molar-refractivity contribution in [3.63, 3.8) is 0 Å². The van der Waals surface area contributed by atoms with Gasteiger partial charge in [-0.1, -0.05) is 58.4 Å². The standard InChI is InChI=1S/C12H19ClO6.6CH4/c1-4-8(13)5-9(19-7(3)14)10(12(17)18)6(2)11(15)16;;;;;;/h6,8-10H,4-5H2,1-3H3,(H,15,16)(H,17,18);6*1H4. The van der Waals surface area contributed by atoms with Crippen LogP contribution in [0.5, 0.6) is 0 Å². The van der Waals surface area contributed by atoms with E-state index in [9.17, 15) is 14.4 Å². The lowest BCUT2D eigenvalue weighted by Crippen LogP contribution is -2.40. The Morgan fingerprint density at radius 1 is 0.960 bits per heavy atom. The fourth-order valence-corrected chi connectivity index (χ4v) is 1.92. The summed E-state index contributed by atoms with van der Waals surface area (Å²) in [5.41, 5.74) is 0. The van der Waals surface area contributed by atoms with E-state index in [2.05, 4.69) is 0 Å². The average molecular weight is 391 g/mol. The molecule has 158 valence electrons. The molecule has 0 heterocycles. The first-order valence-corrected chi connectivity index (χ1v) is 6.41. The highest BCUT2D eigenvalue weighted by molar-refractivity contribution is 6.20. The Morgan fingerprint density at radius 2 is 1.36 bits per heavy atom. The molecule has 6 nitrogen and oxygen atoms in total. The molecule has 4 unspecified atom stereocenters. The van der Waals surface area contributed by atoms with Crippen molar-refractivity contribution in [1.29, 1.82) is 0 Å². The Hall–Kier alpha value is -1.30. The van der Waals surface area contributed by atoms with Crippen LogP contribution >= 0.6 is 11.6 Å². The number of hydrogen-bond acceptors (Lipinski definition) is 4. The molecule has 4 atom stereocenters. The van der Waals surface area contributed by atoms with Crippen LogP contribution in [-0.4, -0.2) is 39.6 Å². The number of rotatable bonds is 8. The molecule has 2 N–H and O–H groups in total. The van der Waals surface area contributed by atoms with Crippen LogP contribution in [0.4, 0.5) is 0 Å². The van der Waals surface area contributed by atoms with Crippen molar-refractivity contribution >= 4 is 29.5 Å². The van der Waals surface area contributed by atoms with Gasteiger partial charge in [0.2, 0.25) is 0 Å². The van der Waals surface area contributed by atoms with Crippen LogP contribution in [0.25, 0.3) is 0 Å². The number of ether oxygens (including phenoxy) is 1. The van der Waals surface area contributed by atoms with Crippen molar-refractivity contribution < 1.29 is 29.3 Å². The quantitative estimate of drug-likeness (QED) is 0.415. The summed E-state index contributed by atoms with van der Waals surface area (Å²) < 4.78 is 4.95. The first-order chi connectivity index (χ1) is 8.70. The van der Waals surface area contributed by atoms with E-state index in [1.807, 2.05) is 0 Å². The van der Waals surface area contributed by atoms with Gasteiger partial charge < -0.3 is 14.9 Å². The lowest BCUT2D eigenvalue weighted by Gasteiger charge is -2.27. The molecule has 25 heavy (non-hydrogen) atoms. The molecule has 0 aliphatic carbocycles. The minimum Gasteiger partial charge on any atom is -0.481 e. The Kier molecular flexibility index (Phi) is 36.3. The van der Waals surface area contributed by atoms with E-state index in [-0.39, 0.29) is 56.4 Å². The molecule has 0 spiro atoms. The second kappa shape index (κ2) is 20.7. The fourth-order valence-electron chi connectivity index (χ4n) is 1.75. The van der Waals surface area contributed by atoms with Crippen molar-refractivity contribution in [2.24, 2.45) is 11.8 Å². The maximum absolute atomic E-state index is 11.2. The van der Waals surface area contributed by atoms with Crippen molar-refractivity contribution in [1.82, 2.24) is 0 Å². The maximum atomic E-state index is 11.2. The van der Waals surface area contributed by atoms with Gasteiger partial charge in [0.25, 0.3) is 0 Å². The highest BCUT2D eigenvalue weighted by atomic mass is 35.5. The molecule has 0 rings (SSSR count). The predicted molar refractivity (Wildman–Crippen MR) is 108 cm³/mol. The summed E-state index contributed by atoms with van der Waals surface area (Å²) in [6.07, 6.45) is -0.386. The number of esters is 1. The van der Waals surface area contributed by atoms with Crippen LogP contribution in [-0.2, 0) is 19.1 Å². The molecule has 0 aliphatic heterocycles. The molecule has 0 aromatic heterocycles. The third kappa shape index (κ3) is 15.9. The van der Waals surface area contributed by atoms with Gasteiger partial charge >= 0.3 is 17.9 Å². The molecule has 0 radical (unpaired) electrons. The van der Waals surface area contributed by atoms with E-state index in [0.29, 0.717) is 6.42 Å². The molecule has 0 saturated carbocycles. The van der Waals surface area contributed by atoms with E-state index >= 15 is 0 Å². The number of aliphatic carboxylic acids is 2. The van der Waals surface area contributed by atoms with Gasteiger partial charge in [-0.05, 0) is 6.42 Å². The van der Waals surface area contributed by atoms with Gasteiger partial charge in [-0.3, -0.25) is 14.4 Å². The number of hydrogen-bond donors (Lipinski definition) is 2. The smallest absolute Gasteiger partial charge is 0.311 e. The number of carboxylic acids is 2. The normalized spacial score (nSPS) is 13.0. The van der Waals surface area contributed by atoms with Crippen LogP contribution in [0, 0.1) is 11.8 Å². The zero-order valence-electron chi connectivity index (χ0n) is 11.1. The van der Waals surface area contributed by atoms with Gasteiger partial charge in [0.05, 0.1) is 5.92 Å². The minimum atomic E-state index is -1.32. The molecule has 0 fully saturated rings. The third-order valence-corrected chi connectivity index (χ3v) is 3.35. The van der Waals surface area contributed by atoms with Gasteiger partial charge in [-0.2, -0.15) is 0 Å². The second-order valence-corrected chi connectivity index (χ2v) is 5.00. The lowest BCUT2D eigenvalue weighted by atomic mass is 9.86. The van der Waals surface area contributed by atoms with Gasteiger partial charge in [0.15, 0.2) is 0 Å². The molecule has 0 amide bonds. The molecule has 7 heteroatoms. The number of carbonyl (C=O) groups excluding carboxylic acids is 1. The second-order valence-electron chi connectivity index (χ2n) is 4.38. The molecular formula is C18H43ClO6. The average Bonchev–Trinajstić information content (AvgIpc) is 2.27. The number of halogens is 1. The van der Waals surface area contributed by atoms with Gasteiger partial charge in [-0.15, -0.1) is 11.6 Å². The zero-order valence-corrected chi connectivity index (χ0v) is 11.9. The molecule has 0 bridgehead atoms. The molecule has 0 saturated heterocycles. The van der Waals surface area contributed by atoms with Crippen LogP contribution < -0.4 is 0 Å². The summed E-state index contributed by atoms with van der Waals surface area (Å²) >= 11 is 5.94. The number of carboxylic acid groups (broad SMARTS) is 2. The van der Waals surface area contributed by atoms with Crippen molar-refractivity contribution in [3.05, 3.63) is 0 Å². The molecule has 0 aromatic carbocycles. The fraction of sp³-hybridized carbons (Fsp3) is 0.833. The van der Waals surface area contributed by atoms with E-state index < -0.39 is 35.8 Å². The van der Waals surface area contributed by atoms with E-state index in [4.69, 9.17) is 26.6 Å². The first-order valence-electron chi connectivity index (χ1n) is 5.97. The number of carbonyl (C=O) groups is 3. The van der Waals surface area contributed by atoms with E-state index in [0.717, 1.165) is 6.92 Å². The maximum Gasteiger partial charge on any atom is 0.311 e. The highest BCUT2D eigenvalue weighted by Crippen LogP contribution is 2.25. The van der Waals surface area contributed by atoms with E-state index in [1.54, 1.807) is 6.92 Å². The summed E-state index contributed by atoms with van der Waals surface area (Å²) in [6.45, 7) is 4.22. The van der Waals surface area contributed by atoms with Gasteiger partial charge in [0.1, 0.15) is 12.0 Å². The predicted octanol–water partition coefficient (Wildman–Crippen LogP) is 5.56. The third-order valence-electron chi connectivity index (χ3n) is 2.86. The Labute approximate surface area is 160 Å². The van der Waals surface area contributed by atoms with Gasteiger partial charge in [0, 0.05) is 18.7 Å². The van der Waals surface area contributed by atoms with Crippen LogP contribution in [0.2, 0.25) is 0 Å². The largest absolute Gasteiger partial charge is 0.481 e. The van der Waals surface area contributed by atoms with Crippen molar-refractivity contribution in [2.45, 2.75) is 89.7 Å². The Balaban J connectivity index is -0.000000108. The highest BCUT2D eigenvalue weighted by Gasteiger charge is 2.39. The topological polar surface area (TPSA) is 101 Å². The molecule has 0 aliphatic rings. The Bertz CT molecular complexity index is 346.